The number of rotatable bonds is 5. The Kier molecular flexibility index (Phi) is 4.16. The fourth-order valence-electron chi connectivity index (χ4n) is 1.51. The van der Waals surface area contributed by atoms with Crippen LogP contribution < -0.4 is 10.5 Å². The average Bonchev–Trinajstić information content (AvgIpc) is 2.77. The van der Waals surface area contributed by atoms with Crippen LogP contribution >= 0.6 is 11.8 Å². The molecule has 96 valence electrons. The van der Waals surface area contributed by atoms with E-state index in [1.54, 1.807) is 25.1 Å². The lowest BCUT2D eigenvalue weighted by molar-refractivity contribution is 0.394. The van der Waals surface area contributed by atoms with Crippen LogP contribution in [0.2, 0.25) is 0 Å². The first-order valence-electron chi connectivity index (χ1n) is 5.45. The second kappa shape index (κ2) is 5.83. The Morgan fingerprint density at radius 2 is 2.28 bits per heavy atom. The summed E-state index contributed by atoms with van der Waals surface area (Å²) in [6, 6.07) is 3.87. The number of nitrogens with two attached hydrogens (primary N) is 1. The summed E-state index contributed by atoms with van der Waals surface area (Å²) in [7, 11) is 3.52. The highest BCUT2D eigenvalue weighted by molar-refractivity contribution is 7.98. The van der Waals surface area contributed by atoms with E-state index in [2.05, 4.69) is 15.2 Å². The second-order valence-corrected chi connectivity index (χ2v) is 4.56. The number of thioether (sulfide) groups is 1. The lowest BCUT2D eigenvalue weighted by Crippen LogP contribution is -2.05. The minimum absolute atomic E-state index is 0.389. The van der Waals surface area contributed by atoms with Gasteiger partial charge in [0.15, 0.2) is 5.16 Å². The van der Waals surface area contributed by atoms with E-state index in [4.69, 9.17) is 10.5 Å². The minimum Gasteiger partial charge on any atom is -0.481 e. The van der Waals surface area contributed by atoms with Gasteiger partial charge in [0.05, 0.1) is 13.7 Å². The third-order valence-electron chi connectivity index (χ3n) is 2.51. The van der Waals surface area contributed by atoms with Crippen molar-refractivity contribution in [3.63, 3.8) is 0 Å². The van der Waals surface area contributed by atoms with Crippen LogP contribution in [0.4, 0.5) is 0 Å². The summed E-state index contributed by atoms with van der Waals surface area (Å²) >= 11 is 1.58. The maximum Gasteiger partial charge on any atom is 0.217 e. The van der Waals surface area contributed by atoms with Crippen molar-refractivity contribution < 1.29 is 4.74 Å². The van der Waals surface area contributed by atoms with Gasteiger partial charge in [0.2, 0.25) is 5.88 Å². The van der Waals surface area contributed by atoms with Crippen molar-refractivity contribution in [2.24, 2.45) is 12.8 Å². The summed E-state index contributed by atoms with van der Waals surface area (Å²) in [6.07, 6.45) is 1.71. The summed E-state index contributed by atoms with van der Waals surface area (Å²) in [4.78, 5) is 4.15. The monoisotopic (exact) mass is 265 g/mol. The zero-order valence-electron chi connectivity index (χ0n) is 10.3. The van der Waals surface area contributed by atoms with Crippen molar-refractivity contribution in [2.45, 2.75) is 17.5 Å². The first-order chi connectivity index (χ1) is 8.76. The summed E-state index contributed by atoms with van der Waals surface area (Å²) in [5.74, 6) is 2.15. The number of ether oxygens (including phenoxy) is 1. The second-order valence-electron chi connectivity index (χ2n) is 3.62. The van der Waals surface area contributed by atoms with Crippen molar-refractivity contribution in [3.8, 4) is 5.88 Å². The fourth-order valence-corrected chi connectivity index (χ4v) is 2.41. The van der Waals surface area contributed by atoms with Gasteiger partial charge in [-0.3, -0.25) is 0 Å². The molecule has 7 heteroatoms. The summed E-state index contributed by atoms with van der Waals surface area (Å²) in [5, 5.41) is 8.94. The molecule has 0 aliphatic carbocycles. The van der Waals surface area contributed by atoms with Crippen LogP contribution in [0.25, 0.3) is 0 Å². The molecule has 0 unspecified atom stereocenters. The van der Waals surface area contributed by atoms with Gasteiger partial charge in [0.1, 0.15) is 5.82 Å². The highest BCUT2D eigenvalue weighted by Crippen LogP contribution is 2.25. The highest BCUT2D eigenvalue weighted by Gasteiger charge is 2.10. The molecular weight excluding hydrogens is 250 g/mol. The fraction of sp³-hybridized carbons (Fsp3) is 0.364. The number of methoxy groups -OCH3 is 1. The Labute approximate surface area is 110 Å². The van der Waals surface area contributed by atoms with Crippen LogP contribution in [-0.2, 0) is 19.3 Å². The molecule has 2 N–H and O–H groups in total. The largest absolute Gasteiger partial charge is 0.481 e. The number of hydrogen-bond donors (Lipinski definition) is 1. The van der Waals surface area contributed by atoms with E-state index in [9.17, 15) is 0 Å². The zero-order valence-corrected chi connectivity index (χ0v) is 11.1. The predicted octanol–water partition coefficient (Wildman–Crippen LogP) is 0.970. The molecule has 0 aliphatic heterocycles. The van der Waals surface area contributed by atoms with Gasteiger partial charge in [-0.1, -0.05) is 17.8 Å². The normalized spacial score (nSPS) is 10.6. The Bertz CT molecular complexity index is 528. The van der Waals surface area contributed by atoms with Gasteiger partial charge in [-0.05, 0) is 6.07 Å². The summed E-state index contributed by atoms with van der Waals surface area (Å²) in [6.45, 7) is 0.389. The van der Waals surface area contributed by atoms with Crippen LogP contribution in [-0.4, -0.2) is 26.9 Å². The zero-order chi connectivity index (χ0) is 13.0. The van der Waals surface area contributed by atoms with Crippen molar-refractivity contribution in [1.82, 2.24) is 19.7 Å². The third-order valence-corrected chi connectivity index (χ3v) is 3.58. The molecular formula is C11H15N5OS. The Morgan fingerprint density at radius 1 is 1.44 bits per heavy atom. The third kappa shape index (κ3) is 2.62. The molecule has 18 heavy (non-hydrogen) atoms. The highest BCUT2D eigenvalue weighted by atomic mass is 32.2. The molecule has 0 aromatic carbocycles. The number of pyridine rings is 1. The summed E-state index contributed by atoms with van der Waals surface area (Å²) in [5.41, 5.74) is 6.58. The Hall–Kier alpha value is -1.60. The first kappa shape index (κ1) is 12.8. The van der Waals surface area contributed by atoms with E-state index in [0.29, 0.717) is 12.4 Å². The van der Waals surface area contributed by atoms with Gasteiger partial charge in [-0.25, -0.2) is 4.98 Å². The van der Waals surface area contributed by atoms with Crippen molar-refractivity contribution in [3.05, 3.63) is 29.7 Å². The molecule has 0 radical (unpaired) electrons. The minimum atomic E-state index is 0.389. The Morgan fingerprint density at radius 3 is 2.94 bits per heavy atom. The van der Waals surface area contributed by atoms with Gasteiger partial charge in [-0.15, -0.1) is 10.2 Å². The standard InChI is InChI=1S/C11H15N5OS/c1-16-9(6-12)14-15-11(16)18-7-8-4-3-5-13-10(8)17-2/h3-5H,6-7,12H2,1-2H3. The van der Waals surface area contributed by atoms with Gasteiger partial charge in [0.25, 0.3) is 0 Å². The Balaban J connectivity index is 2.09. The van der Waals surface area contributed by atoms with Crippen molar-refractivity contribution >= 4 is 11.8 Å². The van der Waals surface area contributed by atoms with E-state index in [1.165, 1.54) is 0 Å². The van der Waals surface area contributed by atoms with Gasteiger partial charge >= 0.3 is 0 Å². The number of aromatic nitrogens is 4. The van der Waals surface area contributed by atoms with Crippen LogP contribution in [0.1, 0.15) is 11.4 Å². The van der Waals surface area contributed by atoms with Gasteiger partial charge in [-0.2, -0.15) is 0 Å². The van der Waals surface area contributed by atoms with Crippen LogP contribution in [0.5, 0.6) is 5.88 Å². The number of hydrogen-bond acceptors (Lipinski definition) is 6. The molecule has 0 aliphatic rings. The predicted molar refractivity (Wildman–Crippen MR) is 69.2 cm³/mol. The topological polar surface area (TPSA) is 78.8 Å². The maximum atomic E-state index is 5.55. The lowest BCUT2D eigenvalue weighted by Gasteiger charge is -2.06. The van der Waals surface area contributed by atoms with Crippen molar-refractivity contribution in [2.75, 3.05) is 7.11 Å². The van der Waals surface area contributed by atoms with E-state index < -0.39 is 0 Å². The summed E-state index contributed by atoms with van der Waals surface area (Å²) < 4.78 is 7.10. The van der Waals surface area contributed by atoms with E-state index >= 15 is 0 Å². The van der Waals surface area contributed by atoms with Crippen LogP contribution in [0, 0.1) is 0 Å². The molecule has 2 aromatic heterocycles. The smallest absolute Gasteiger partial charge is 0.217 e. The quantitative estimate of drug-likeness (QED) is 0.812. The molecule has 0 saturated heterocycles. The molecule has 2 rings (SSSR count). The number of nitrogens with zero attached hydrogens (tertiary/aromatic N) is 4. The van der Waals surface area contributed by atoms with Crippen LogP contribution in [0.3, 0.4) is 0 Å². The molecule has 0 fully saturated rings. The molecule has 0 amide bonds. The molecule has 2 heterocycles. The van der Waals surface area contributed by atoms with E-state index in [0.717, 1.165) is 22.3 Å². The van der Waals surface area contributed by atoms with Gasteiger partial charge < -0.3 is 15.0 Å². The SMILES string of the molecule is COc1ncccc1CSc1nnc(CN)n1C. The molecule has 0 saturated carbocycles. The molecule has 0 atom stereocenters. The van der Waals surface area contributed by atoms with Crippen molar-refractivity contribution in [1.29, 1.82) is 0 Å². The van der Waals surface area contributed by atoms with Gasteiger partial charge in [0, 0.05) is 24.6 Å². The molecule has 6 nitrogen and oxygen atoms in total. The van der Waals surface area contributed by atoms with E-state index in [1.807, 2.05) is 23.7 Å². The molecule has 0 spiro atoms. The first-order valence-corrected chi connectivity index (χ1v) is 6.43. The van der Waals surface area contributed by atoms with Crippen LogP contribution in [0.15, 0.2) is 23.5 Å². The molecule has 0 bridgehead atoms. The maximum absolute atomic E-state index is 5.55. The molecule has 2 aromatic rings. The van der Waals surface area contributed by atoms with E-state index in [-0.39, 0.29) is 0 Å². The lowest BCUT2D eigenvalue weighted by atomic mass is 10.3. The average molecular weight is 265 g/mol.